The predicted octanol–water partition coefficient (Wildman–Crippen LogP) is 4.85. The van der Waals surface area contributed by atoms with Crippen molar-refractivity contribution in [2.24, 2.45) is 5.92 Å². The van der Waals surface area contributed by atoms with Gasteiger partial charge in [0.25, 0.3) is 0 Å². The summed E-state index contributed by atoms with van der Waals surface area (Å²) < 4.78 is 0. The van der Waals surface area contributed by atoms with Gasteiger partial charge in [0.15, 0.2) is 0 Å². The molecule has 1 saturated carbocycles. The predicted molar refractivity (Wildman–Crippen MR) is 93.3 cm³/mol. The first kappa shape index (κ1) is 16.6. The van der Waals surface area contributed by atoms with Gasteiger partial charge in [-0.1, -0.05) is 17.7 Å². The van der Waals surface area contributed by atoms with Crippen molar-refractivity contribution in [3.05, 3.63) is 28.8 Å². The van der Waals surface area contributed by atoms with Gasteiger partial charge in [0, 0.05) is 40.9 Å². The van der Waals surface area contributed by atoms with Crippen molar-refractivity contribution in [2.45, 2.75) is 65.6 Å². The number of benzene rings is 1. The molecule has 21 heavy (non-hydrogen) atoms. The molecule has 2 nitrogen and oxygen atoms in total. The largest absolute Gasteiger partial charge is 0.369 e. The van der Waals surface area contributed by atoms with Crippen LogP contribution in [0.4, 0.5) is 5.69 Å². The molecule has 0 spiro atoms. The van der Waals surface area contributed by atoms with Crippen LogP contribution in [0.2, 0.25) is 5.02 Å². The Morgan fingerprint density at radius 3 is 2.48 bits per heavy atom. The maximum absolute atomic E-state index is 6.49. The van der Waals surface area contributed by atoms with Gasteiger partial charge in [-0.2, -0.15) is 0 Å². The van der Waals surface area contributed by atoms with Crippen LogP contribution in [-0.2, 0) is 6.54 Å². The summed E-state index contributed by atoms with van der Waals surface area (Å²) in [5.41, 5.74) is 2.61. The Hall–Kier alpha value is -0.730. The van der Waals surface area contributed by atoms with Crippen molar-refractivity contribution in [1.29, 1.82) is 0 Å². The highest BCUT2D eigenvalue weighted by molar-refractivity contribution is 6.31. The van der Waals surface area contributed by atoms with E-state index in [1.165, 1.54) is 24.1 Å². The highest BCUT2D eigenvalue weighted by atomic mass is 35.5. The molecule has 0 bridgehead atoms. The van der Waals surface area contributed by atoms with Gasteiger partial charge in [-0.3, -0.25) is 0 Å². The van der Waals surface area contributed by atoms with Crippen LogP contribution in [0.15, 0.2) is 18.2 Å². The molecule has 0 atom stereocenters. The minimum Gasteiger partial charge on any atom is -0.369 e. The first-order chi connectivity index (χ1) is 9.78. The second kappa shape index (κ2) is 6.58. The van der Waals surface area contributed by atoms with Crippen LogP contribution in [0, 0.1) is 5.92 Å². The van der Waals surface area contributed by atoms with E-state index in [1.807, 2.05) is 6.07 Å². The number of halogens is 1. The number of nitrogens with zero attached hydrogens (tertiary/aromatic N) is 1. The van der Waals surface area contributed by atoms with Gasteiger partial charge in [0.2, 0.25) is 0 Å². The van der Waals surface area contributed by atoms with Crippen molar-refractivity contribution in [1.82, 2.24) is 5.32 Å². The summed E-state index contributed by atoms with van der Waals surface area (Å²) in [5, 5.41) is 4.44. The van der Waals surface area contributed by atoms with E-state index in [9.17, 15) is 0 Å². The first-order valence-electron chi connectivity index (χ1n) is 8.07. The molecule has 0 unspecified atom stereocenters. The lowest BCUT2D eigenvalue weighted by Crippen LogP contribution is -2.37. The third kappa shape index (κ3) is 4.89. The van der Waals surface area contributed by atoms with Crippen LogP contribution >= 0.6 is 11.6 Å². The fourth-order valence-electron chi connectivity index (χ4n) is 2.51. The summed E-state index contributed by atoms with van der Waals surface area (Å²) >= 11 is 6.49. The third-order valence-corrected chi connectivity index (χ3v) is 4.33. The molecule has 2 rings (SSSR count). The van der Waals surface area contributed by atoms with Gasteiger partial charge in [0.05, 0.1) is 0 Å². The summed E-state index contributed by atoms with van der Waals surface area (Å²) in [5.74, 6) is 0.870. The van der Waals surface area contributed by atoms with Crippen LogP contribution in [0.3, 0.4) is 0 Å². The van der Waals surface area contributed by atoms with E-state index in [0.717, 1.165) is 24.0 Å². The molecular formula is C18H29ClN2. The van der Waals surface area contributed by atoms with Gasteiger partial charge < -0.3 is 10.2 Å². The van der Waals surface area contributed by atoms with E-state index in [0.29, 0.717) is 6.04 Å². The van der Waals surface area contributed by atoms with E-state index < -0.39 is 0 Å². The molecule has 1 fully saturated rings. The zero-order chi connectivity index (χ0) is 15.6. The van der Waals surface area contributed by atoms with E-state index in [-0.39, 0.29) is 5.54 Å². The van der Waals surface area contributed by atoms with E-state index in [2.05, 4.69) is 57.0 Å². The zero-order valence-corrected chi connectivity index (χ0v) is 14.8. The second-order valence-corrected chi connectivity index (χ2v) is 7.94. The lowest BCUT2D eigenvalue weighted by Gasteiger charge is -2.32. The molecule has 1 aromatic rings. The van der Waals surface area contributed by atoms with E-state index in [4.69, 9.17) is 11.6 Å². The second-order valence-electron chi connectivity index (χ2n) is 7.53. The van der Waals surface area contributed by atoms with Crippen LogP contribution in [0.25, 0.3) is 0 Å². The van der Waals surface area contributed by atoms with Gasteiger partial charge >= 0.3 is 0 Å². The minimum atomic E-state index is 0.0929. The van der Waals surface area contributed by atoms with Gasteiger partial charge in [-0.05, 0) is 65.5 Å². The molecule has 3 heteroatoms. The number of hydrogen-bond acceptors (Lipinski definition) is 2. The van der Waals surface area contributed by atoms with Crippen LogP contribution in [-0.4, -0.2) is 18.1 Å². The van der Waals surface area contributed by atoms with Crippen molar-refractivity contribution in [3.63, 3.8) is 0 Å². The Kier molecular flexibility index (Phi) is 5.21. The summed E-state index contributed by atoms with van der Waals surface area (Å²) in [6.07, 6.45) is 2.75. The fraction of sp³-hybridized carbons (Fsp3) is 0.667. The Morgan fingerprint density at radius 2 is 1.95 bits per heavy atom. The monoisotopic (exact) mass is 308 g/mol. The Balaban J connectivity index is 2.25. The van der Waals surface area contributed by atoms with Crippen LogP contribution < -0.4 is 10.2 Å². The molecule has 0 aromatic heterocycles. The highest BCUT2D eigenvalue weighted by Gasteiger charge is 2.27. The van der Waals surface area contributed by atoms with Gasteiger partial charge in [0.1, 0.15) is 0 Å². The Labute approximate surface area is 134 Å². The molecule has 1 aromatic carbocycles. The summed E-state index contributed by atoms with van der Waals surface area (Å²) in [6.45, 7) is 13.1. The lowest BCUT2D eigenvalue weighted by molar-refractivity contribution is 0.424. The fourth-order valence-corrected chi connectivity index (χ4v) is 2.75. The maximum Gasteiger partial charge on any atom is 0.0471 e. The van der Waals surface area contributed by atoms with Crippen molar-refractivity contribution in [2.75, 3.05) is 11.4 Å². The van der Waals surface area contributed by atoms with Crippen LogP contribution in [0.5, 0.6) is 0 Å². The SMILES string of the molecule is CC(C)N(CC1CC1)c1cccc(Cl)c1CNC(C)(C)C. The quantitative estimate of drug-likeness (QED) is 0.808. The smallest absolute Gasteiger partial charge is 0.0471 e. The molecule has 1 aliphatic carbocycles. The molecule has 118 valence electrons. The Bertz CT molecular complexity index is 473. The van der Waals surface area contributed by atoms with Gasteiger partial charge in [-0.25, -0.2) is 0 Å². The highest BCUT2D eigenvalue weighted by Crippen LogP contribution is 2.35. The van der Waals surface area contributed by atoms with Gasteiger partial charge in [-0.15, -0.1) is 0 Å². The molecule has 0 amide bonds. The van der Waals surface area contributed by atoms with Crippen LogP contribution in [0.1, 0.15) is 53.0 Å². The van der Waals surface area contributed by atoms with E-state index >= 15 is 0 Å². The molecule has 0 heterocycles. The van der Waals surface area contributed by atoms with Crippen molar-refractivity contribution >= 4 is 17.3 Å². The van der Waals surface area contributed by atoms with Crippen molar-refractivity contribution < 1.29 is 0 Å². The molecule has 0 saturated heterocycles. The maximum atomic E-state index is 6.49. The standard InChI is InChI=1S/C18H29ClN2/c1-13(2)21(12-14-9-10-14)17-8-6-7-16(19)15(17)11-20-18(3,4)5/h6-8,13-14,20H,9-12H2,1-5H3. The average Bonchev–Trinajstić information content (AvgIpc) is 3.16. The molecule has 1 N–H and O–H groups in total. The molecular weight excluding hydrogens is 280 g/mol. The summed E-state index contributed by atoms with van der Waals surface area (Å²) in [7, 11) is 0. The topological polar surface area (TPSA) is 15.3 Å². The van der Waals surface area contributed by atoms with Crippen molar-refractivity contribution in [3.8, 4) is 0 Å². The molecule has 1 aliphatic rings. The first-order valence-corrected chi connectivity index (χ1v) is 8.45. The zero-order valence-electron chi connectivity index (χ0n) is 14.0. The lowest BCUT2D eigenvalue weighted by atomic mass is 10.1. The average molecular weight is 309 g/mol. The summed E-state index contributed by atoms with van der Waals surface area (Å²) in [4.78, 5) is 2.52. The number of nitrogens with one attached hydrogen (secondary N) is 1. The third-order valence-electron chi connectivity index (χ3n) is 3.97. The Morgan fingerprint density at radius 1 is 1.29 bits per heavy atom. The summed E-state index contributed by atoms with van der Waals surface area (Å²) in [6, 6.07) is 6.78. The molecule has 0 radical (unpaired) electrons. The number of rotatable bonds is 6. The molecule has 0 aliphatic heterocycles. The number of anilines is 1. The normalized spacial score (nSPS) is 15.6. The minimum absolute atomic E-state index is 0.0929. The number of hydrogen-bond donors (Lipinski definition) is 1. The van der Waals surface area contributed by atoms with E-state index in [1.54, 1.807) is 0 Å².